The Morgan fingerprint density at radius 3 is 2.81 bits per heavy atom. The van der Waals surface area contributed by atoms with E-state index in [4.69, 9.17) is 16.3 Å². The summed E-state index contributed by atoms with van der Waals surface area (Å²) in [5.41, 5.74) is 1.12. The molecule has 1 aromatic rings. The fourth-order valence-electron chi connectivity index (χ4n) is 1.66. The van der Waals surface area contributed by atoms with Crippen molar-refractivity contribution in [2.45, 2.75) is 19.8 Å². The molecule has 88 valence electrons. The van der Waals surface area contributed by atoms with Crippen LogP contribution in [0.5, 0.6) is 5.75 Å². The Labute approximate surface area is 102 Å². The minimum absolute atomic E-state index is 0.0182. The topological polar surface area (TPSA) is 26.3 Å². The minimum atomic E-state index is 0.0182. The molecule has 1 atom stereocenters. The van der Waals surface area contributed by atoms with Gasteiger partial charge in [-0.3, -0.25) is 4.79 Å². The van der Waals surface area contributed by atoms with Crippen molar-refractivity contribution in [2.24, 2.45) is 5.92 Å². The lowest BCUT2D eigenvalue weighted by Crippen LogP contribution is -2.14. The summed E-state index contributed by atoms with van der Waals surface area (Å²) in [6.07, 6.45) is 1.47. The van der Waals surface area contributed by atoms with Gasteiger partial charge in [0, 0.05) is 11.8 Å². The normalized spacial score (nSPS) is 12.2. The summed E-state index contributed by atoms with van der Waals surface area (Å²) in [6.45, 7) is 1.62. The molecule has 0 N–H and O–H groups in total. The zero-order chi connectivity index (χ0) is 12.0. The molecule has 0 radical (unpaired) electrons. The second-order valence-corrected chi connectivity index (χ2v) is 4.22. The predicted octanol–water partition coefficient (Wildman–Crippen LogP) is 3.07. The Morgan fingerprint density at radius 1 is 1.50 bits per heavy atom. The van der Waals surface area contributed by atoms with Gasteiger partial charge < -0.3 is 4.74 Å². The van der Waals surface area contributed by atoms with Crippen molar-refractivity contribution in [3.05, 3.63) is 29.8 Å². The molecule has 16 heavy (non-hydrogen) atoms. The Bertz CT molecular complexity index is 350. The van der Waals surface area contributed by atoms with E-state index in [0.29, 0.717) is 5.88 Å². The van der Waals surface area contributed by atoms with Gasteiger partial charge in [0.05, 0.1) is 7.11 Å². The van der Waals surface area contributed by atoms with Crippen LogP contribution in [-0.2, 0) is 11.2 Å². The van der Waals surface area contributed by atoms with Crippen molar-refractivity contribution < 1.29 is 9.53 Å². The van der Waals surface area contributed by atoms with Gasteiger partial charge in [0.25, 0.3) is 0 Å². The van der Waals surface area contributed by atoms with Crippen LogP contribution in [-0.4, -0.2) is 18.8 Å². The largest absolute Gasteiger partial charge is 0.497 e. The van der Waals surface area contributed by atoms with Crippen molar-refractivity contribution in [1.29, 1.82) is 0 Å². The van der Waals surface area contributed by atoms with Crippen molar-refractivity contribution in [3.63, 3.8) is 0 Å². The van der Waals surface area contributed by atoms with Gasteiger partial charge >= 0.3 is 0 Å². The van der Waals surface area contributed by atoms with Crippen LogP contribution in [0.2, 0.25) is 0 Å². The third-order valence-electron chi connectivity index (χ3n) is 2.65. The van der Waals surface area contributed by atoms with Gasteiger partial charge in [-0.05, 0) is 37.5 Å². The number of benzene rings is 1. The van der Waals surface area contributed by atoms with Crippen molar-refractivity contribution >= 4 is 17.4 Å². The molecule has 1 unspecified atom stereocenters. The van der Waals surface area contributed by atoms with Gasteiger partial charge in [0.2, 0.25) is 0 Å². The number of ketones is 1. The second kappa shape index (κ2) is 6.54. The van der Waals surface area contributed by atoms with E-state index in [1.54, 1.807) is 14.0 Å². The molecule has 0 heterocycles. The first-order valence-electron chi connectivity index (χ1n) is 5.36. The first-order valence-corrected chi connectivity index (χ1v) is 5.90. The van der Waals surface area contributed by atoms with E-state index in [2.05, 4.69) is 0 Å². The van der Waals surface area contributed by atoms with Crippen molar-refractivity contribution in [2.75, 3.05) is 13.0 Å². The Balaban J connectivity index is 2.72. The highest BCUT2D eigenvalue weighted by Gasteiger charge is 2.14. The predicted molar refractivity (Wildman–Crippen MR) is 66.2 cm³/mol. The highest BCUT2D eigenvalue weighted by molar-refractivity contribution is 6.18. The summed E-state index contributed by atoms with van der Waals surface area (Å²) < 4.78 is 5.15. The maximum Gasteiger partial charge on any atom is 0.133 e. The molecular formula is C13H17ClO2. The lowest BCUT2D eigenvalue weighted by atomic mass is 9.93. The SMILES string of the molecule is COc1cccc(CC(CCCl)C(C)=O)c1. The average Bonchev–Trinajstić information content (AvgIpc) is 2.28. The Kier molecular flexibility index (Phi) is 5.33. The van der Waals surface area contributed by atoms with Crippen LogP contribution in [0.15, 0.2) is 24.3 Å². The maximum absolute atomic E-state index is 11.4. The molecule has 0 saturated carbocycles. The van der Waals surface area contributed by atoms with E-state index < -0.39 is 0 Å². The molecule has 0 fully saturated rings. The number of hydrogen-bond acceptors (Lipinski definition) is 2. The smallest absolute Gasteiger partial charge is 0.133 e. The lowest BCUT2D eigenvalue weighted by molar-refractivity contribution is -0.120. The molecular weight excluding hydrogens is 224 g/mol. The second-order valence-electron chi connectivity index (χ2n) is 3.84. The Hall–Kier alpha value is -1.02. The van der Waals surface area contributed by atoms with Crippen LogP contribution < -0.4 is 4.74 Å². The highest BCUT2D eigenvalue weighted by atomic mass is 35.5. The van der Waals surface area contributed by atoms with Crippen molar-refractivity contribution in [1.82, 2.24) is 0 Å². The number of Topliss-reactive ketones (excluding diaryl/α,β-unsaturated/α-hetero) is 1. The zero-order valence-electron chi connectivity index (χ0n) is 9.70. The highest BCUT2D eigenvalue weighted by Crippen LogP contribution is 2.18. The molecule has 0 spiro atoms. The number of rotatable bonds is 6. The summed E-state index contributed by atoms with van der Waals surface area (Å²) in [7, 11) is 1.64. The van der Waals surface area contributed by atoms with Gasteiger partial charge in [-0.25, -0.2) is 0 Å². The standard InChI is InChI=1S/C13H17ClO2/c1-10(15)12(6-7-14)8-11-4-3-5-13(9-11)16-2/h3-5,9,12H,6-8H2,1-2H3. The first-order chi connectivity index (χ1) is 7.67. The van der Waals surface area contributed by atoms with Crippen LogP contribution in [0.3, 0.4) is 0 Å². The van der Waals surface area contributed by atoms with Crippen molar-refractivity contribution in [3.8, 4) is 5.75 Å². The van der Waals surface area contributed by atoms with Crippen LogP contribution in [0.1, 0.15) is 18.9 Å². The molecule has 0 bridgehead atoms. The van der Waals surface area contributed by atoms with Gasteiger partial charge in [-0.2, -0.15) is 0 Å². The number of hydrogen-bond donors (Lipinski definition) is 0. The molecule has 0 aliphatic carbocycles. The summed E-state index contributed by atoms with van der Waals surface area (Å²) in [5, 5.41) is 0. The van der Waals surface area contributed by atoms with E-state index in [0.717, 1.165) is 24.2 Å². The molecule has 1 rings (SSSR count). The number of carbonyl (C=O) groups excluding carboxylic acids is 1. The molecule has 0 aliphatic heterocycles. The Morgan fingerprint density at radius 2 is 2.25 bits per heavy atom. The number of ether oxygens (including phenoxy) is 1. The van der Waals surface area contributed by atoms with Gasteiger partial charge in [0.15, 0.2) is 0 Å². The van der Waals surface area contributed by atoms with Gasteiger partial charge in [-0.1, -0.05) is 12.1 Å². The molecule has 3 heteroatoms. The van der Waals surface area contributed by atoms with Crippen LogP contribution in [0.4, 0.5) is 0 Å². The third-order valence-corrected chi connectivity index (χ3v) is 2.87. The number of alkyl halides is 1. The van der Waals surface area contributed by atoms with E-state index >= 15 is 0 Å². The summed E-state index contributed by atoms with van der Waals surface area (Å²) in [6, 6.07) is 7.80. The summed E-state index contributed by atoms with van der Waals surface area (Å²) in [4.78, 5) is 11.4. The van der Waals surface area contributed by atoms with E-state index in [1.807, 2.05) is 24.3 Å². The van der Waals surface area contributed by atoms with E-state index in [1.165, 1.54) is 0 Å². The van der Waals surface area contributed by atoms with Crippen LogP contribution in [0.25, 0.3) is 0 Å². The molecule has 2 nitrogen and oxygen atoms in total. The average molecular weight is 241 g/mol. The fraction of sp³-hybridized carbons (Fsp3) is 0.462. The fourth-order valence-corrected chi connectivity index (χ4v) is 1.93. The lowest BCUT2D eigenvalue weighted by Gasteiger charge is -2.12. The van der Waals surface area contributed by atoms with E-state index in [9.17, 15) is 4.79 Å². The van der Waals surface area contributed by atoms with Crippen LogP contribution in [0, 0.1) is 5.92 Å². The summed E-state index contributed by atoms with van der Waals surface area (Å²) in [5.74, 6) is 1.56. The monoisotopic (exact) mass is 240 g/mol. The summed E-state index contributed by atoms with van der Waals surface area (Å²) >= 11 is 5.69. The minimum Gasteiger partial charge on any atom is -0.497 e. The number of halogens is 1. The molecule has 0 amide bonds. The molecule has 1 aromatic carbocycles. The van der Waals surface area contributed by atoms with E-state index in [-0.39, 0.29) is 11.7 Å². The van der Waals surface area contributed by atoms with Gasteiger partial charge in [-0.15, -0.1) is 11.6 Å². The quantitative estimate of drug-likeness (QED) is 0.715. The van der Waals surface area contributed by atoms with Gasteiger partial charge in [0.1, 0.15) is 11.5 Å². The zero-order valence-corrected chi connectivity index (χ0v) is 10.5. The number of carbonyl (C=O) groups is 1. The number of methoxy groups -OCH3 is 1. The molecule has 0 aromatic heterocycles. The third kappa shape index (κ3) is 3.86. The molecule has 0 aliphatic rings. The molecule has 0 saturated heterocycles. The first kappa shape index (κ1) is 13.0. The maximum atomic E-state index is 11.4. The van der Waals surface area contributed by atoms with Crippen LogP contribution >= 0.6 is 11.6 Å².